The molecule has 18 heavy (non-hydrogen) atoms. The van der Waals surface area contributed by atoms with Crippen LogP contribution in [0.5, 0.6) is 0 Å². The van der Waals surface area contributed by atoms with Gasteiger partial charge in [-0.2, -0.15) is 0 Å². The van der Waals surface area contributed by atoms with E-state index in [1.807, 2.05) is 6.92 Å². The Hall–Kier alpha value is -0.0800. The maximum absolute atomic E-state index is 10.6. The highest BCUT2D eigenvalue weighted by Crippen LogP contribution is 2.37. The van der Waals surface area contributed by atoms with Crippen LogP contribution in [0.2, 0.25) is 0 Å². The maximum Gasteiger partial charge on any atom is 0.0659 e. The lowest BCUT2D eigenvalue weighted by Crippen LogP contribution is -2.40. The topological polar surface area (TPSA) is 32.3 Å². The fourth-order valence-corrected chi connectivity index (χ4v) is 3.13. The number of aliphatic hydroxyl groups is 1. The second-order valence-electron chi connectivity index (χ2n) is 6.83. The van der Waals surface area contributed by atoms with E-state index in [0.717, 1.165) is 25.4 Å². The number of nitrogens with one attached hydrogen (secondary N) is 1. The molecule has 1 saturated carbocycles. The van der Waals surface area contributed by atoms with Gasteiger partial charge in [-0.3, -0.25) is 0 Å². The molecule has 108 valence electrons. The van der Waals surface area contributed by atoms with Crippen molar-refractivity contribution in [3.05, 3.63) is 0 Å². The molecule has 0 saturated heterocycles. The number of hydrogen-bond acceptors (Lipinski definition) is 2. The van der Waals surface area contributed by atoms with Crippen molar-refractivity contribution >= 4 is 0 Å². The van der Waals surface area contributed by atoms with E-state index in [9.17, 15) is 5.11 Å². The SMILES string of the molecule is CCC1CCC(C(C)(O)CCNCC(C)C)CC1. The van der Waals surface area contributed by atoms with Crippen LogP contribution in [0, 0.1) is 17.8 Å². The Kier molecular flexibility index (Phi) is 6.65. The van der Waals surface area contributed by atoms with Gasteiger partial charge in [0.25, 0.3) is 0 Å². The molecule has 2 heteroatoms. The Labute approximate surface area is 114 Å². The quantitative estimate of drug-likeness (QED) is 0.681. The van der Waals surface area contributed by atoms with Gasteiger partial charge in [-0.15, -0.1) is 0 Å². The van der Waals surface area contributed by atoms with Crippen molar-refractivity contribution in [2.24, 2.45) is 17.8 Å². The van der Waals surface area contributed by atoms with Crippen LogP contribution in [0.3, 0.4) is 0 Å². The molecule has 1 unspecified atom stereocenters. The average molecular weight is 255 g/mol. The molecule has 2 N–H and O–H groups in total. The third-order valence-electron chi connectivity index (χ3n) is 4.66. The van der Waals surface area contributed by atoms with E-state index in [-0.39, 0.29) is 0 Å². The van der Waals surface area contributed by atoms with Gasteiger partial charge in [-0.1, -0.05) is 40.0 Å². The molecular formula is C16H33NO. The van der Waals surface area contributed by atoms with Gasteiger partial charge >= 0.3 is 0 Å². The molecule has 0 bridgehead atoms. The first-order valence-electron chi connectivity index (χ1n) is 7.88. The molecule has 1 fully saturated rings. The highest BCUT2D eigenvalue weighted by Gasteiger charge is 2.34. The van der Waals surface area contributed by atoms with Crippen LogP contribution in [-0.2, 0) is 0 Å². The minimum atomic E-state index is -0.470. The van der Waals surface area contributed by atoms with E-state index in [0.29, 0.717) is 11.8 Å². The summed E-state index contributed by atoms with van der Waals surface area (Å²) in [7, 11) is 0. The summed E-state index contributed by atoms with van der Waals surface area (Å²) in [6.45, 7) is 10.8. The fourth-order valence-electron chi connectivity index (χ4n) is 3.13. The highest BCUT2D eigenvalue weighted by molar-refractivity contribution is 4.86. The lowest BCUT2D eigenvalue weighted by atomic mass is 9.72. The summed E-state index contributed by atoms with van der Waals surface area (Å²) >= 11 is 0. The number of rotatable bonds is 7. The van der Waals surface area contributed by atoms with Gasteiger partial charge in [0.1, 0.15) is 0 Å². The third kappa shape index (κ3) is 5.27. The van der Waals surface area contributed by atoms with Gasteiger partial charge in [0.05, 0.1) is 5.60 Å². The Morgan fingerprint density at radius 3 is 2.33 bits per heavy atom. The molecular weight excluding hydrogens is 222 g/mol. The van der Waals surface area contributed by atoms with Gasteiger partial charge in [0.2, 0.25) is 0 Å². The lowest BCUT2D eigenvalue weighted by molar-refractivity contribution is -0.0288. The van der Waals surface area contributed by atoms with Crippen LogP contribution in [0.15, 0.2) is 0 Å². The second-order valence-corrected chi connectivity index (χ2v) is 6.83. The first-order valence-corrected chi connectivity index (χ1v) is 7.88. The standard InChI is InChI=1S/C16H33NO/c1-5-14-6-8-15(9-7-14)16(4,18)10-11-17-12-13(2)3/h13-15,17-18H,5-12H2,1-4H3. The molecule has 0 amide bonds. The van der Waals surface area contributed by atoms with E-state index < -0.39 is 5.60 Å². The fraction of sp³-hybridized carbons (Fsp3) is 1.00. The van der Waals surface area contributed by atoms with Crippen LogP contribution in [0.4, 0.5) is 0 Å². The predicted octanol–water partition coefficient (Wildman–Crippen LogP) is 3.59. The summed E-state index contributed by atoms with van der Waals surface area (Å²) in [5, 5.41) is 14.1. The summed E-state index contributed by atoms with van der Waals surface area (Å²) in [4.78, 5) is 0. The van der Waals surface area contributed by atoms with Crippen molar-refractivity contribution in [3.8, 4) is 0 Å². The van der Waals surface area contributed by atoms with Crippen LogP contribution >= 0.6 is 0 Å². The number of hydrogen-bond donors (Lipinski definition) is 2. The Bertz CT molecular complexity index is 217. The van der Waals surface area contributed by atoms with Crippen molar-refractivity contribution in [2.45, 2.75) is 71.8 Å². The third-order valence-corrected chi connectivity index (χ3v) is 4.66. The zero-order valence-electron chi connectivity index (χ0n) is 12.8. The van der Waals surface area contributed by atoms with Crippen molar-refractivity contribution < 1.29 is 5.11 Å². The Morgan fingerprint density at radius 2 is 1.83 bits per heavy atom. The maximum atomic E-state index is 10.6. The zero-order chi connectivity index (χ0) is 13.6. The summed E-state index contributed by atoms with van der Waals surface area (Å²) in [5.74, 6) is 2.12. The van der Waals surface area contributed by atoms with Gasteiger partial charge in [0, 0.05) is 0 Å². The van der Waals surface area contributed by atoms with Crippen molar-refractivity contribution in [1.82, 2.24) is 5.32 Å². The molecule has 0 spiro atoms. The Balaban J connectivity index is 2.26. The van der Waals surface area contributed by atoms with Gasteiger partial charge in [0.15, 0.2) is 0 Å². The second kappa shape index (κ2) is 7.49. The van der Waals surface area contributed by atoms with Crippen molar-refractivity contribution in [1.29, 1.82) is 0 Å². The molecule has 0 heterocycles. The molecule has 0 aliphatic heterocycles. The van der Waals surface area contributed by atoms with Crippen LogP contribution in [-0.4, -0.2) is 23.8 Å². The molecule has 0 aromatic rings. The van der Waals surface area contributed by atoms with Crippen LogP contribution < -0.4 is 5.32 Å². The molecule has 1 rings (SSSR count). The first kappa shape index (κ1) is 16.0. The van der Waals surface area contributed by atoms with Gasteiger partial charge in [-0.25, -0.2) is 0 Å². The smallest absolute Gasteiger partial charge is 0.0659 e. The molecule has 0 aromatic heterocycles. The average Bonchev–Trinajstić information content (AvgIpc) is 2.34. The summed E-state index contributed by atoms with van der Waals surface area (Å²) < 4.78 is 0. The lowest BCUT2D eigenvalue weighted by Gasteiger charge is -2.38. The van der Waals surface area contributed by atoms with E-state index >= 15 is 0 Å². The van der Waals surface area contributed by atoms with E-state index in [2.05, 4.69) is 26.1 Å². The summed E-state index contributed by atoms with van der Waals surface area (Å²) in [5.41, 5.74) is -0.470. The minimum Gasteiger partial charge on any atom is -0.390 e. The predicted molar refractivity (Wildman–Crippen MR) is 78.7 cm³/mol. The molecule has 1 atom stereocenters. The van der Waals surface area contributed by atoms with Crippen molar-refractivity contribution in [3.63, 3.8) is 0 Å². The summed E-state index contributed by atoms with van der Waals surface area (Å²) in [6, 6.07) is 0. The van der Waals surface area contributed by atoms with Crippen molar-refractivity contribution in [2.75, 3.05) is 13.1 Å². The highest BCUT2D eigenvalue weighted by atomic mass is 16.3. The van der Waals surface area contributed by atoms with Crippen LogP contribution in [0.25, 0.3) is 0 Å². The minimum absolute atomic E-state index is 0.470. The normalized spacial score (nSPS) is 28.3. The molecule has 1 aliphatic rings. The molecule has 2 nitrogen and oxygen atoms in total. The molecule has 0 radical (unpaired) electrons. The van der Waals surface area contributed by atoms with Gasteiger partial charge < -0.3 is 10.4 Å². The van der Waals surface area contributed by atoms with E-state index in [1.54, 1.807) is 0 Å². The molecule has 0 aromatic carbocycles. The van der Waals surface area contributed by atoms with Gasteiger partial charge in [-0.05, 0) is 57.0 Å². The zero-order valence-corrected chi connectivity index (χ0v) is 12.8. The Morgan fingerprint density at radius 1 is 1.22 bits per heavy atom. The van der Waals surface area contributed by atoms with E-state index in [1.165, 1.54) is 32.1 Å². The van der Waals surface area contributed by atoms with E-state index in [4.69, 9.17) is 0 Å². The largest absolute Gasteiger partial charge is 0.390 e. The first-order chi connectivity index (χ1) is 8.45. The summed E-state index contributed by atoms with van der Waals surface area (Å²) in [6.07, 6.45) is 7.27. The van der Waals surface area contributed by atoms with Crippen LogP contribution in [0.1, 0.15) is 66.2 Å². The molecule has 1 aliphatic carbocycles. The monoisotopic (exact) mass is 255 g/mol.